The van der Waals surface area contributed by atoms with Crippen LogP contribution in [0.15, 0.2) is 42.5 Å². The molecule has 1 aliphatic heterocycles. The van der Waals surface area contributed by atoms with Gasteiger partial charge in [0.15, 0.2) is 5.13 Å². The molecule has 1 aromatic heterocycles. The smallest absolute Gasteiger partial charge is 0.225 e. The lowest BCUT2D eigenvalue weighted by Gasteiger charge is -2.31. The molecular formula is C21H22FN3O2S. The van der Waals surface area contributed by atoms with E-state index in [2.05, 4.69) is 10.2 Å². The van der Waals surface area contributed by atoms with Crippen molar-refractivity contribution in [1.82, 2.24) is 10.3 Å². The lowest BCUT2D eigenvalue weighted by Crippen LogP contribution is -2.42. The van der Waals surface area contributed by atoms with Crippen molar-refractivity contribution in [2.24, 2.45) is 5.92 Å². The molecule has 28 heavy (non-hydrogen) atoms. The first-order valence-corrected chi connectivity index (χ1v) is 10.2. The van der Waals surface area contributed by atoms with E-state index >= 15 is 0 Å². The van der Waals surface area contributed by atoms with Crippen LogP contribution in [-0.4, -0.2) is 31.1 Å². The number of hydrogen-bond donors (Lipinski definition) is 1. The topological polar surface area (TPSA) is 54.5 Å². The van der Waals surface area contributed by atoms with Crippen LogP contribution in [-0.2, 0) is 11.3 Å². The van der Waals surface area contributed by atoms with Crippen LogP contribution in [0.5, 0.6) is 5.75 Å². The number of carbonyl (C=O) groups is 1. The molecule has 2 heterocycles. The van der Waals surface area contributed by atoms with Crippen LogP contribution < -0.4 is 15.0 Å². The van der Waals surface area contributed by atoms with E-state index in [9.17, 15) is 9.18 Å². The first-order chi connectivity index (χ1) is 13.6. The predicted octanol–water partition coefficient (Wildman–Crippen LogP) is 3.98. The molecule has 0 bridgehead atoms. The molecule has 4 rings (SSSR count). The van der Waals surface area contributed by atoms with E-state index in [0.29, 0.717) is 13.1 Å². The molecule has 0 saturated carbocycles. The number of aromatic nitrogens is 1. The number of fused-ring (bicyclic) bond motifs is 1. The number of hydrogen-bond acceptors (Lipinski definition) is 5. The van der Waals surface area contributed by atoms with E-state index in [-0.39, 0.29) is 17.6 Å². The Hall–Kier alpha value is -2.67. The molecule has 1 aliphatic rings. The van der Waals surface area contributed by atoms with Gasteiger partial charge in [-0.05, 0) is 48.7 Å². The third-order valence-electron chi connectivity index (χ3n) is 5.03. The zero-order chi connectivity index (χ0) is 19.5. The average molecular weight is 399 g/mol. The highest BCUT2D eigenvalue weighted by Gasteiger charge is 2.27. The van der Waals surface area contributed by atoms with E-state index in [1.165, 1.54) is 12.1 Å². The fraction of sp³-hybridized carbons (Fsp3) is 0.333. The summed E-state index contributed by atoms with van der Waals surface area (Å²) in [6.07, 6.45) is 1.82. The number of piperidine rings is 1. The molecule has 0 radical (unpaired) electrons. The molecule has 1 amide bonds. The standard InChI is InChI=1S/C21H22FN3O2S/c1-27-17-8-9-18-19(11-17)28-21(24-18)25-10-2-3-15(13-25)20(26)23-12-14-4-6-16(22)7-5-14/h4-9,11,15H,2-3,10,12-13H2,1H3,(H,23,26)/t15-/m0/s1. The Morgan fingerprint density at radius 2 is 2.14 bits per heavy atom. The number of anilines is 1. The van der Waals surface area contributed by atoms with Crippen LogP contribution in [0.4, 0.5) is 9.52 Å². The molecule has 1 saturated heterocycles. The second kappa shape index (κ2) is 8.14. The van der Waals surface area contributed by atoms with Gasteiger partial charge in [-0.2, -0.15) is 0 Å². The van der Waals surface area contributed by atoms with Crippen molar-refractivity contribution in [2.75, 3.05) is 25.1 Å². The van der Waals surface area contributed by atoms with E-state index in [1.807, 2.05) is 18.2 Å². The van der Waals surface area contributed by atoms with Crippen molar-refractivity contribution in [2.45, 2.75) is 19.4 Å². The van der Waals surface area contributed by atoms with Gasteiger partial charge in [-0.25, -0.2) is 9.37 Å². The normalized spacial score (nSPS) is 16.9. The van der Waals surface area contributed by atoms with Gasteiger partial charge in [-0.1, -0.05) is 23.5 Å². The minimum absolute atomic E-state index is 0.0387. The van der Waals surface area contributed by atoms with Crippen LogP contribution in [0.3, 0.4) is 0 Å². The summed E-state index contributed by atoms with van der Waals surface area (Å²) in [7, 11) is 1.66. The minimum Gasteiger partial charge on any atom is -0.497 e. The molecule has 3 aromatic rings. The second-order valence-corrected chi connectivity index (χ2v) is 7.97. The number of nitrogens with zero attached hydrogens (tertiary/aromatic N) is 2. The maximum atomic E-state index is 13.0. The first kappa shape index (κ1) is 18.7. The molecular weight excluding hydrogens is 377 g/mol. The predicted molar refractivity (Wildman–Crippen MR) is 109 cm³/mol. The highest BCUT2D eigenvalue weighted by Crippen LogP contribution is 2.33. The maximum absolute atomic E-state index is 13.0. The van der Waals surface area contributed by atoms with Crippen molar-refractivity contribution in [1.29, 1.82) is 0 Å². The Morgan fingerprint density at radius 1 is 1.32 bits per heavy atom. The number of methoxy groups -OCH3 is 1. The van der Waals surface area contributed by atoms with Gasteiger partial charge >= 0.3 is 0 Å². The molecule has 146 valence electrons. The third kappa shape index (κ3) is 4.09. The maximum Gasteiger partial charge on any atom is 0.225 e. The molecule has 2 aromatic carbocycles. The van der Waals surface area contributed by atoms with Gasteiger partial charge in [0, 0.05) is 19.6 Å². The van der Waals surface area contributed by atoms with Gasteiger partial charge in [0.1, 0.15) is 11.6 Å². The third-order valence-corrected chi connectivity index (χ3v) is 6.11. The van der Waals surface area contributed by atoms with Crippen molar-refractivity contribution in [3.63, 3.8) is 0 Å². The molecule has 1 atom stereocenters. The number of amides is 1. The number of halogens is 1. The van der Waals surface area contributed by atoms with E-state index < -0.39 is 0 Å². The summed E-state index contributed by atoms with van der Waals surface area (Å²) in [6.45, 7) is 1.97. The summed E-state index contributed by atoms with van der Waals surface area (Å²) in [4.78, 5) is 19.6. The molecule has 1 fully saturated rings. The zero-order valence-corrected chi connectivity index (χ0v) is 16.5. The average Bonchev–Trinajstić information content (AvgIpc) is 3.16. The lowest BCUT2D eigenvalue weighted by molar-refractivity contribution is -0.125. The number of thiazole rings is 1. The van der Waals surface area contributed by atoms with Crippen LogP contribution in [0, 0.1) is 11.7 Å². The summed E-state index contributed by atoms with van der Waals surface area (Å²) < 4.78 is 19.4. The Morgan fingerprint density at radius 3 is 2.93 bits per heavy atom. The number of benzene rings is 2. The summed E-state index contributed by atoms with van der Waals surface area (Å²) in [5.74, 6) is 0.512. The van der Waals surface area contributed by atoms with Gasteiger partial charge in [0.25, 0.3) is 0 Å². The van der Waals surface area contributed by atoms with E-state index in [0.717, 1.165) is 46.0 Å². The van der Waals surface area contributed by atoms with E-state index in [4.69, 9.17) is 9.72 Å². The molecule has 0 unspecified atom stereocenters. The van der Waals surface area contributed by atoms with Crippen molar-refractivity contribution in [3.05, 3.63) is 53.8 Å². The first-order valence-electron chi connectivity index (χ1n) is 9.34. The van der Waals surface area contributed by atoms with Crippen LogP contribution in [0.25, 0.3) is 10.2 Å². The highest BCUT2D eigenvalue weighted by molar-refractivity contribution is 7.22. The monoisotopic (exact) mass is 399 g/mol. The molecule has 0 aliphatic carbocycles. The minimum atomic E-state index is -0.272. The lowest BCUT2D eigenvalue weighted by atomic mass is 9.97. The second-order valence-electron chi connectivity index (χ2n) is 6.96. The zero-order valence-electron chi connectivity index (χ0n) is 15.7. The molecule has 0 spiro atoms. The highest BCUT2D eigenvalue weighted by atomic mass is 32.1. The summed E-state index contributed by atoms with van der Waals surface area (Å²) in [5.41, 5.74) is 1.84. The fourth-order valence-corrected chi connectivity index (χ4v) is 4.48. The van der Waals surface area contributed by atoms with E-state index in [1.54, 1.807) is 30.6 Å². The Kier molecular flexibility index (Phi) is 5.43. The number of ether oxygens (including phenoxy) is 1. The summed E-state index contributed by atoms with van der Waals surface area (Å²) in [5, 5.41) is 3.92. The SMILES string of the molecule is COc1ccc2nc(N3CCC[C@H](C(=O)NCc4ccc(F)cc4)C3)sc2c1. The largest absolute Gasteiger partial charge is 0.497 e. The molecule has 7 heteroatoms. The van der Waals surface area contributed by atoms with Gasteiger partial charge < -0.3 is 15.0 Å². The van der Waals surface area contributed by atoms with Gasteiger partial charge in [0.05, 0.1) is 23.2 Å². The van der Waals surface area contributed by atoms with Crippen molar-refractivity contribution >= 4 is 32.6 Å². The quantitative estimate of drug-likeness (QED) is 0.705. The molecule has 5 nitrogen and oxygen atoms in total. The Balaban J connectivity index is 1.40. The van der Waals surface area contributed by atoms with Gasteiger partial charge in [-0.3, -0.25) is 4.79 Å². The van der Waals surface area contributed by atoms with Gasteiger partial charge in [-0.15, -0.1) is 0 Å². The van der Waals surface area contributed by atoms with Crippen molar-refractivity contribution in [3.8, 4) is 5.75 Å². The summed E-state index contributed by atoms with van der Waals surface area (Å²) >= 11 is 1.63. The number of nitrogens with one attached hydrogen (secondary N) is 1. The molecule has 1 N–H and O–H groups in total. The van der Waals surface area contributed by atoms with Crippen LogP contribution in [0.2, 0.25) is 0 Å². The Labute approximate surface area is 167 Å². The Bertz CT molecular complexity index is 973. The number of carbonyl (C=O) groups excluding carboxylic acids is 1. The van der Waals surface area contributed by atoms with Crippen molar-refractivity contribution < 1.29 is 13.9 Å². The van der Waals surface area contributed by atoms with Crippen LogP contribution in [0.1, 0.15) is 18.4 Å². The van der Waals surface area contributed by atoms with Crippen LogP contribution >= 0.6 is 11.3 Å². The number of rotatable bonds is 5. The van der Waals surface area contributed by atoms with Gasteiger partial charge in [0.2, 0.25) is 5.91 Å². The summed E-state index contributed by atoms with van der Waals surface area (Å²) in [6, 6.07) is 12.1. The fourth-order valence-electron chi connectivity index (χ4n) is 3.46.